The largest absolute Gasteiger partial charge is 0.493 e. The number of amides is 2. The molecule has 11 heteroatoms. The smallest absolute Gasteiger partial charge is 0.314 e. The van der Waals surface area contributed by atoms with E-state index >= 15 is 0 Å². The van der Waals surface area contributed by atoms with Gasteiger partial charge in [0.25, 0.3) is 11.8 Å². The number of nitrogens with zero attached hydrogens (tertiary/aromatic N) is 2. The minimum Gasteiger partial charge on any atom is -0.493 e. The molecule has 0 bridgehead atoms. The van der Waals surface area contributed by atoms with Crippen molar-refractivity contribution in [3.8, 4) is 17.2 Å². The van der Waals surface area contributed by atoms with E-state index in [1.54, 1.807) is 6.07 Å². The van der Waals surface area contributed by atoms with Crippen molar-refractivity contribution in [3.05, 3.63) is 87.7 Å². The number of hydrogen-bond donors (Lipinski definition) is 0. The molecule has 0 spiro atoms. The molecule has 2 amide bonds. The number of carbonyl (C=O) groups excluding carboxylic acids is 4. The Morgan fingerprint density at radius 2 is 1.15 bits per heavy atom. The molecule has 0 aliphatic carbocycles. The number of rotatable bonds is 17. The summed E-state index contributed by atoms with van der Waals surface area (Å²) in [5.41, 5.74) is 1.76. The van der Waals surface area contributed by atoms with Crippen LogP contribution in [-0.4, -0.2) is 40.9 Å². The highest BCUT2D eigenvalue weighted by molar-refractivity contribution is 8.25. The number of ether oxygens (including phenoxy) is 3. The zero-order chi connectivity index (χ0) is 37.2. The molecule has 0 N–H and O–H groups in total. The normalized spacial score (nSPS) is 15.2. The van der Waals surface area contributed by atoms with Crippen LogP contribution in [0.25, 0.3) is 0 Å². The van der Waals surface area contributed by atoms with Crippen LogP contribution in [0.1, 0.15) is 90.2 Å². The van der Waals surface area contributed by atoms with Crippen molar-refractivity contribution >= 4 is 47.3 Å². The Bertz CT molecular complexity index is 1720. The lowest BCUT2D eigenvalue weighted by Gasteiger charge is -2.27. The van der Waals surface area contributed by atoms with Crippen LogP contribution in [0.15, 0.2) is 86.3 Å². The van der Waals surface area contributed by atoms with Gasteiger partial charge in [0, 0.05) is 6.07 Å². The van der Waals surface area contributed by atoms with Gasteiger partial charge in [-0.25, -0.2) is 10.0 Å². The molecule has 52 heavy (non-hydrogen) atoms. The minimum absolute atomic E-state index is 0.00958. The van der Waals surface area contributed by atoms with E-state index in [4.69, 9.17) is 14.2 Å². The average molecular weight is 745 g/mol. The highest BCUT2D eigenvalue weighted by Gasteiger charge is 2.46. The Morgan fingerprint density at radius 3 is 1.62 bits per heavy atom. The van der Waals surface area contributed by atoms with E-state index in [0.717, 1.165) is 48.6 Å². The fourth-order valence-electron chi connectivity index (χ4n) is 6.22. The van der Waals surface area contributed by atoms with Crippen molar-refractivity contribution < 1.29 is 33.4 Å². The Balaban J connectivity index is 1.58. The second-order valence-corrected chi connectivity index (χ2v) is 15.3. The SMILES string of the molecule is CCCCC(CC)C(=O)Oc1cc(OC)c(OC(=O)C(CC)CCCC)c2c1SC(=C1C(=O)N(Cc3ccccc3)N(Cc3ccccc3)C1=O)S2. The molecule has 3 aromatic carbocycles. The van der Waals surface area contributed by atoms with Crippen molar-refractivity contribution in [2.45, 2.75) is 102 Å². The predicted molar refractivity (Wildman–Crippen MR) is 204 cm³/mol. The summed E-state index contributed by atoms with van der Waals surface area (Å²) in [5.74, 6) is -1.58. The maximum atomic E-state index is 14.3. The lowest BCUT2D eigenvalue weighted by atomic mass is 10.00. The maximum absolute atomic E-state index is 14.3. The summed E-state index contributed by atoms with van der Waals surface area (Å²) in [6.07, 6.45) is 6.32. The summed E-state index contributed by atoms with van der Waals surface area (Å²) in [5, 5.41) is 2.97. The van der Waals surface area contributed by atoms with Crippen molar-refractivity contribution in [2.75, 3.05) is 7.11 Å². The molecule has 0 radical (unpaired) electrons. The van der Waals surface area contributed by atoms with Gasteiger partial charge in [0.05, 0.1) is 46.1 Å². The van der Waals surface area contributed by atoms with Crippen LogP contribution < -0.4 is 14.2 Å². The number of carbonyl (C=O) groups is 4. The van der Waals surface area contributed by atoms with Crippen LogP contribution in [0.5, 0.6) is 17.2 Å². The quantitative estimate of drug-likeness (QED) is 0.0579. The number of methoxy groups -OCH3 is 1. The first-order valence-corrected chi connectivity index (χ1v) is 19.9. The van der Waals surface area contributed by atoms with Gasteiger partial charge in [0.1, 0.15) is 11.3 Å². The molecule has 3 aromatic rings. The lowest BCUT2D eigenvalue weighted by Crippen LogP contribution is -2.39. The van der Waals surface area contributed by atoms with Gasteiger partial charge < -0.3 is 14.2 Å². The summed E-state index contributed by atoms with van der Waals surface area (Å²) in [4.78, 5) is 56.7. The Morgan fingerprint density at radius 1 is 0.673 bits per heavy atom. The van der Waals surface area contributed by atoms with Crippen LogP contribution in [0.4, 0.5) is 0 Å². The van der Waals surface area contributed by atoms with Crippen LogP contribution in [0, 0.1) is 11.8 Å². The first-order chi connectivity index (χ1) is 25.2. The van der Waals surface area contributed by atoms with Crippen molar-refractivity contribution in [2.24, 2.45) is 11.8 Å². The van der Waals surface area contributed by atoms with E-state index < -0.39 is 11.8 Å². The number of hydrazine groups is 1. The van der Waals surface area contributed by atoms with E-state index in [9.17, 15) is 19.2 Å². The van der Waals surface area contributed by atoms with Crippen LogP contribution >= 0.6 is 23.5 Å². The summed E-state index contributed by atoms with van der Waals surface area (Å²) in [7, 11) is 1.47. The van der Waals surface area contributed by atoms with E-state index in [2.05, 4.69) is 13.8 Å². The molecule has 0 saturated carbocycles. The molecule has 2 heterocycles. The van der Waals surface area contributed by atoms with Crippen LogP contribution in [0.2, 0.25) is 0 Å². The van der Waals surface area contributed by atoms with Gasteiger partial charge in [-0.05, 0) is 36.8 Å². The molecule has 5 rings (SSSR count). The molecule has 9 nitrogen and oxygen atoms in total. The molecule has 1 saturated heterocycles. The number of thioether (sulfide) groups is 2. The van der Waals surface area contributed by atoms with Gasteiger partial charge in [-0.2, -0.15) is 0 Å². The second-order valence-electron chi connectivity index (χ2n) is 13.0. The number of hydrogen-bond acceptors (Lipinski definition) is 9. The second kappa shape index (κ2) is 18.5. The number of esters is 2. The third-order valence-electron chi connectivity index (χ3n) is 9.35. The molecule has 2 atom stereocenters. The van der Waals surface area contributed by atoms with Crippen molar-refractivity contribution in [1.82, 2.24) is 10.0 Å². The molecule has 0 aromatic heterocycles. The molecular formula is C41H48N2O7S2. The minimum atomic E-state index is -0.437. The van der Waals surface area contributed by atoms with Crippen molar-refractivity contribution in [3.63, 3.8) is 0 Å². The summed E-state index contributed by atoms with van der Waals surface area (Å²) in [6.45, 7) is 8.48. The van der Waals surface area contributed by atoms with E-state index in [1.165, 1.54) is 28.9 Å². The van der Waals surface area contributed by atoms with Gasteiger partial charge in [-0.15, -0.1) is 0 Å². The summed E-state index contributed by atoms with van der Waals surface area (Å²) in [6, 6.07) is 20.6. The number of benzene rings is 3. The third kappa shape index (κ3) is 8.86. The first-order valence-electron chi connectivity index (χ1n) is 18.2. The zero-order valence-corrected chi connectivity index (χ0v) is 32.3. The van der Waals surface area contributed by atoms with Gasteiger partial charge in [0.15, 0.2) is 11.5 Å². The molecule has 2 aliphatic rings. The molecule has 276 valence electrons. The topological polar surface area (TPSA) is 102 Å². The zero-order valence-electron chi connectivity index (χ0n) is 30.6. The highest BCUT2D eigenvalue weighted by Crippen LogP contribution is 2.62. The molecule has 1 fully saturated rings. The highest BCUT2D eigenvalue weighted by atomic mass is 32.2. The number of unbranched alkanes of at least 4 members (excludes halogenated alkanes) is 2. The predicted octanol–water partition coefficient (Wildman–Crippen LogP) is 9.33. The van der Waals surface area contributed by atoms with Crippen LogP contribution in [0.3, 0.4) is 0 Å². The van der Waals surface area contributed by atoms with Gasteiger partial charge in [-0.3, -0.25) is 19.2 Å². The molecular weight excluding hydrogens is 697 g/mol. The van der Waals surface area contributed by atoms with E-state index in [-0.39, 0.29) is 59.7 Å². The third-order valence-corrected chi connectivity index (χ3v) is 12.0. The standard InChI is InChI=1S/C41H48N2O7S2/c1-6-10-22-29(8-3)39(46)49-32-24-31(48-5)34(50-40(47)30(9-4)23-11-7-2)36-35(32)51-41(52-36)33-37(44)42(25-27-18-14-12-15-19-27)43(38(33)45)26-28-20-16-13-17-21-28/h12-21,24,29-30H,6-11,22-23,25-26H2,1-5H3. The fourth-order valence-corrected chi connectivity index (χ4v) is 8.88. The van der Waals surface area contributed by atoms with Gasteiger partial charge >= 0.3 is 11.9 Å². The Hall–Kier alpha value is -4.22. The fraction of sp³-hybridized carbons (Fsp3) is 0.415. The first kappa shape index (κ1) is 39.0. The Labute approximate surface area is 315 Å². The summed E-state index contributed by atoms with van der Waals surface area (Å²) < 4.78 is 18.4. The molecule has 2 aliphatic heterocycles. The van der Waals surface area contributed by atoms with Gasteiger partial charge in [-0.1, -0.05) is 138 Å². The van der Waals surface area contributed by atoms with Gasteiger partial charge in [0.2, 0.25) is 0 Å². The lowest BCUT2D eigenvalue weighted by molar-refractivity contribution is -0.149. The van der Waals surface area contributed by atoms with E-state index in [1.807, 2.05) is 74.5 Å². The average Bonchev–Trinajstić information content (AvgIpc) is 3.69. The monoisotopic (exact) mass is 744 g/mol. The Kier molecular flexibility index (Phi) is 13.9. The summed E-state index contributed by atoms with van der Waals surface area (Å²) >= 11 is 2.34. The maximum Gasteiger partial charge on any atom is 0.314 e. The van der Waals surface area contributed by atoms with Crippen LogP contribution in [-0.2, 0) is 32.3 Å². The van der Waals surface area contributed by atoms with E-state index in [0.29, 0.717) is 39.7 Å². The van der Waals surface area contributed by atoms with Crippen molar-refractivity contribution in [1.29, 1.82) is 0 Å². The molecule has 2 unspecified atom stereocenters. The number of fused-ring (bicyclic) bond motifs is 1.